The van der Waals surface area contributed by atoms with Gasteiger partial charge in [0.25, 0.3) is 0 Å². The lowest BCUT2D eigenvalue weighted by Crippen LogP contribution is -2.20. The molecule has 0 spiro atoms. The number of pyridine rings is 1. The van der Waals surface area contributed by atoms with E-state index in [9.17, 15) is 4.79 Å². The lowest BCUT2D eigenvalue weighted by molar-refractivity contribution is -0.135. The van der Waals surface area contributed by atoms with Gasteiger partial charge in [0, 0.05) is 17.5 Å². The molecule has 0 atom stereocenters. The van der Waals surface area contributed by atoms with Crippen molar-refractivity contribution in [2.75, 3.05) is 6.54 Å². The standard InChI is InChI=1S/C15H13ClN2O2/c1-10(17-9-15(19)20)11-2-4-12(5-3-11)14-7-6-13(16)8-18-14/h2-8,17H,1,9H2,(H,19,20). The van der Waals surface area contributed by atoms with Crippen LogP contribution in [0.25, 0.3) is 17.0 Å². The van der Waals surface area contributed by atoms with Crippen molar-refractivity contribution >= 4 is 23.3 Å². The minimum absolute atomic E-state index is 0.153. The second kappa shape index (κ2) is 6.21. The molecule has 0 bridgehead atoms. The van der Waals surface area contributed by atoms with Crippen LogP contribution >= 0.6 is 11.6 Å². The Balaban J connectivity index is 2.11. The van der Waals surface area contributed by atoms with Crippen molar-refractivity contribution in [3.8, 4) is 11.3 Å². The molecular formula is C15H13ClN2O2. The third-order valence-electron chi connectivity index (χ3n) is 2.71. The zero-order chi connectivity index (χ0) is 14.5. The normalized spacial score (nSPS) is 10.1. The van der Waals surface area contributed by atoms with Gasteiger partial charge in [-0.1, -0.05) is 42.4 Å². The van der Waals surface area contributed by atoms with Crippen LogP contribution in [0, 0.1) is 0 Å². The molecule has 0 radical (unpaired) electrons. The van der Waals surface area contributed by atoms with E-state index in [2.05, 4.69) is 16.9 Å². The molecule has 0 aliphatic heterocycles. The predicted octanol–water partition coefficient (Wildman–Crippen LogP) is 3.05. The molecule has 1 aromatic carbocycles. The molecule has 0 unspecified atom stereocenters. The molecule has 0 aliphatic carbocycles. The summed E-state index contributed by atoms with van der Waals surface area (Å²) in [5.74, 6) is -0.923. The van der Waals surface area contributed by atoms with E-state index in [0.29, 0.717) is 10.7 Å². The lowest BCUT2D eigenvalue weighted by atomic mass is 10.1. The van der Waals surface area contributed by atoms with Gasteiger partial charge >= 0.3 is 5.97 Å². The first-order valence-corrected chi connectivity index (χ1v) is 6.31. The van der Waals surface area contributed by atoms with E-state index >= 15 is 0 Å². The number of aliphatic carboxylic acids is 1. The van der Waals surface area contributed by atoms with Gasteiger partial charge in [-0.15, -0.1) is 0 Å². The number of carboxylic acid groups (broad SMARTS) is 1. The minimum Gasteiger partial charge on any atom is -0.480 e. The third-order valence-corrected chi connectivity index (χ3v) is 2.93. The zero-order valence-electron chi connectivity index (χ0n) is 10.6. The Morgan fingerprint density at radius 3 is 2.50 bits per heavy atom. The largest absolute Gasteiger partial charge is 0.480 e. The molecule has 0 amide bonds. The van der Waals surface area contributed by atoms with Crippen LogP contribution in [0.15, 0.2) is 49.2 Å². The number of rotatable bonds is 5. The molecule has 2 rings (SSSR count). The summed E-state index contributed by atoms with van der Waals surface area (Å²) in [6, 6.07) is 11.2. The van der Waals surface area contributed by atoms with E-state index in [1.54, 1.807) is 12.3 Å². The van der Waals surface area contributed by atoms with Crippen molar-refractivity contribution in [2.45, 2.75) is 0 Å². The summed E-state index contributed by atoms with van der Waals surface area (Å²) < 4.78 is 0. The third kappa shape index (κ3) is 3.59. The van der Waals surface area contributed by atoms with Crippen molar-refractivity contribution < 1.29 is 9.90 Å². The van der Waals surface area contributed by atoms with Crippen LogP contribution in [0.4, 0.5) is 0 Å². The highest BCUT2D eigenvalue weighted by molar-refractivity contribution is 6.30. The van der Waals surface area contributed by atoms with Gasteiger partial charge in [-0.3, -0.25) is 9.78 Å². The maximum Gasteiger partial charge on any atom is 0.322 e. The van der Waals surface area contributed by atoms with Crippen LogP contribution < -0.4 is 5.32 Å². The number of hydrogen-bond acceptors (Lipinski definition) is 3. The lowest BCUT2D eigenvalue weighted by Gasteiger charge is -2.08. The molecular weight excluding hydrogens is 276 g/mol. The van der Waals surface area contributed by atoms with Crippen LogP contribution in [-0.4, -0.2) is 22.6 Å². The first-order chi connectivity index (χ1) is 9.56. The fourth-order valence-electron chi connectivity index (χ4n) is 1.67. The van der Waals surface area contributed by atoms with Gasteiger partial charge in [-0.05, 0) is 17.7 Å². The Labute approximate surface area is 121 Å². The number of nitrogens with one attached hydrogen (secondary N) is 1. The molecule has 0 aliphatic rings. The van der Waals surface area contributed by atoms with Gasteiger partial charge in [0.15, 0.2) is 0 Å². The highest BCUT2D eigenvalue weighted by Crippen LogP contribution is 2.20. The zero-order valence-corrected chi connectivity index (χ0v) is 11.4. The van der Waals surface area contributed by atoms with Crippen LogP contribution in [0.2, 0.25) is 5.02 Å². The molecule has 2 aromatic rings. The number of aromatic nitrogens is 1. The summed E-state index contributed by atoms with van der Waals surface area (Å²) in [6.45, 7) is 3.65. The molecule has 1 aromatic heterocycles. The average molecular weight is 289 g/mol. The predicted molar refractivity (Wildman–Crippen MR) is 79.4 cm³/mol. The Bertz CT molecular complexity index is 621. The number of carbonyl (C=O) groups is 1. The Morgan fingerprint density at radius 2 is 1.95 bits per heavy atom. The van der Waals surface area contributed by atoms with E-state index < -0.39 is 5.97 Å². The fraction of sp³-hybridized carbons (Fsp3) is 0.0667. The quantitative estimate of drug-likeness (QED) is 0.888. The SMILES string of the molecule is C=C(NCC(=O)O)c1ccc(-c2ccc(Cl)cn2)cc1. The summed E-state index contributed by atoms with van der Waals surface area (Å²) >= 11 is 5.80. The molecule has 2 N–H and O–H groups in total. The highest BCUT2D eigenvalue weighted by atomic mass is 35.5. The van der Waals surface area contributed by atoms with Crippen molar-refractivity contribution in [2.24, 2.45) is 0 Å². The van der Waals surface area contributed by atoms with Gasteiger partial charge in [0.2, 0.25) is 0 Å². The molecule has 20 heavy (non-hydrogen) atoms. The Kier molecular flexibility index (Phi) is 4.38. The van der Waals surface area contributed by atoms with Crippen molar-refractivity contribution in [3.63, 3.8) is 0 Å². The topological polar surface area (TPSA) is 62.2 Å². The number of nitrogens with zero attached hydrogens (tertiary/aromatic N) is 1. The number of halogens is 1. The van der Waals surface area contributed by atoms with E-state index in [-0.39, 0.29) is 6.54 Å². The first kappa shape index (κ1) is 14.1. The number of benzene rings is 1. The number of carboxylic acids is 1. The average Bonchev–Trinajstić information content (AvgIpc) is 2.46. The summed E-state index contributed by atoms with van der Waals surface area (Å²) in [4.78, 5) is 14.7. The van der Waals surface area contributed by atoms with E-state index in [0.717, 1.165) is 16.8 Å². The molecule has 0 saturated heterocycles. The van der Waals surface area contributed by atoms with Crippen molar-refractivity contribution in [3.05, 3.63) is 59.8 Å². The number of hydrogen-bond donors (Lipinski definition) is 2. The molecule has 0 fully saturated rings. The first-order valence-electron chi connectivity index (χ1n) is 5.93. The highest BCUT2D eigenvalue weighted by Gasteiger charge is 2.03. The maximum atomic E-state index is 10.5. The van der Waals surface area contributed by atoms with Crippen molar-refractivity contribution in [1.82, 2.24) is 10.3 Å². The van der Waals surface area contributed by atoms with Crippen LogP contribution in [0.1, 0.15) is 5.56 Å². The van der Waals surface area contributed by atoms with Crippen LogP contribution in [0.5, 0.6) is 0 Å². The summed E-state index contributed by atoms with van der Waals surface area (Å²) in [5.41, 5.74) is 3.19. The smallest absolute Gasteiger partial charge is 0.322 e. The van der Waals surface area contributed by atoms with E-state index in [4.69, 9.17) is 16.7 Å². The van der Waals surface area contributed by atoms with Gasteiger partial charge in [-0.2, -0.15) is 0 Å². The Morgan fingerprint density at radius 1 is 1.25 bits per heavy atom. The monoisotopic (exact) mass is 288 g/mol. The molecule has 5 heteroatoms. The second-order valence-electron chi connectivity index (χ2n) is 4.16. The van der Waals surface area contributed by atoms with E-state index in [1.165, 1.54) is 0 Å². The van der Waals surface area contributed by atoms with Crippen LogP contribution in [-0.2, 0) is 4.79 Å². The van der Waals surface area contributed by atoms with Gasteiger partial charge in [0.05, 0.1) is 10.7 Å². The van der Waals surface area contributed by atoms with Crippen molar-refractivity contribution in [1.29, 1.82) is 0 Å². The van der Waals surface area contributed by atoms with Crippen LogP contribution in [0.3, 0.4) is 0 Å². The second-order valence-corrected chi connectivity index (χ2v) is 4.60. The van der Waals surface area contributed by atoms with E-state index in [1.807, 2.05) is 30.3 Å². The Hall–Kier alpha value is -2.33. The summed E-state index contributed by atoms with van der Waals surface area (Å²) in [5, 5.41) is 11.9. The molecule has 1 heterocycles. The minimum atomic E-state index is -0.923. The van der Waals surface area contributed by atoms with Gasteiger partial charge in [0.1, 0.15) is 6.54 Å². The molecule has 102 valence electrons. The molecule has 4 nitrogen and oxygen atoms in total. The fourth-order valence-corrected chi connectivity index (χ4v) is 1.78. The van der Waals surface area contributed by atoms with Gasteiger partial charge < -0.3 is 10.4 Å². The maximum absolute atomic E-state index is 10.5. The summed E-state index contributed by atoms with van der Waals surface area (Å²) in [6.07, 6.45) is 1.60. The molecule has 0 saturated carbocycles. The summed E-state index contributed by atoms with van der Waals surface area (Å²) in [7, 11) is 0. The van der Waals surface area contributed by atoms with Gasteiger partial charge in [-0.25, -0.2) is 0 Å².